The molecule has 0 spiro atoms. The summed E-state index contributed by atoms with van der Waals surface area (Å²) in [4.78, 5) is 16.9. The molecule has 1 amide bonds. The van der Waals surface area contributed by atoms with Crippen molar-refractivity contribution in [3.05, 3.63) is 65.7 Å². The number of carbonyl (C=O) groups is 1. The minimum absolute atomic E-state index is 0.0900. The number of fused-ring (bicyclic) bond motifs is 1. The summed E-state index contributed by atoms with van der Waals surface area (Å²) in [6.07, 6.45) is 1.15. The average Bonchev–Trinajstić information content (AvgIpc) is 3.10. The topological polar surface area (TPSA) is 81.1 Å². The summed E-state index contributed by atoms with van der Waals surface area (Å²) >= 11 is 0. The van der Waals surface area contributed by atoms with Crippen molar-refractivity contribution >= 4 is 17.8 Å². The molecule has 7 nitrogen and oxygen atoms in total. The zero-order valence-corrected chi connectivity index (χ0v) is 15.9. The highest BCUT2D eigenvalue weighted by atomic mass is 16.5. The molecule has 2 aromatic carbocycles. The normalized spacial score (nSPS) is 18.1. The van der Waals surface area contributed by atoms with Crippen molar-refractivity contribution in [2.24, 2.45) is 0 Å². The number of ether oxygens (including phenoxy) is 1. The van der Waals surface area contributed by atoms with Crippen LogP contribution in [0.3, 0.4) is 0 Å². The van der Waals surface area contributed by atoms with Crippen LogP contribution in [-0.2, 0) is 11.2 Å². The quantitative estimate of drug-likeness (QED) is 0.713. The lowest BCUT2D eigenvalue weighted by molar-refractivity contribution is -0.115. The van der Waals surface area contributed by atoms with Gasteiger partial charge in [-0.2, -0.15) is 4.98 Å². The molecule has 2 atom stereocenters. The maximum atomic E-state index is 12.4. The number of benzene rings is 2. The van der Waals surface area contributed by atoms with Crippen molar-refractivity contribution in [1.82, 2.24) is 14.8 Å². The van der Waals surface area contributed by atoms with Crippen molar-refractivity contribution in [2.75, 3.05) is 17.7 Å². The van der Waals surface area contributed by atoms with Gasteiger partial charge in [0.05, 0.1) is 19.6 Å². The Labute approximate surface area is 163 Å². The molecule has 1 aliphatic heterocycles. The van der Waals surface area contributed by atoms with E-state index in [1.807, 2.05) is 47.1 Å². The minimum Gasteiger partial charge on any atom is -0.497 e. The summed E-state index contributed by atoms with van der Waals surface area (Å²) in [5, 5.41) is 10.7. The lowest BCUT2D eigenvalue weighted by Crippen LogP contribution is -2.31. The molecule has 0 bridgehead atoms. The van der Waals surface area contributed by atoms with Gasteiger partial charge in [0.1, 0.15) is 5.75 Å². The van der Waals surface area contributed by atoms with Gasteiger partial charge in [-0.05, 0) is 36.6 Å². The molecule has 3 aromatic rings. The van der Waals surface area contributed by atoms with E-state index >= 15 is 0 Å². The molecule has 2 N–H and O–H groups in total. The zero-order valence-electron chi connectivity index (χ0n) is 15.9. The van der Waals surface area contributed by atoms with Crippen LogP contribution >= 0.6 is 0 Å². The molecule has 2 heterocycles. The first-order valence-electron chi connectivity index (χ1n) is 9.33. The predicted molar refractivity (Wildman–Crippen MR) is 108 cm³/mol. The summed E-state index contributed by atoms with van der Waals surface area (Å²) < 4.78 is 7.00. The summed E-state index contributed by atoms with van der Waals surface area (Å²) in [6.45, 7) is 2.12. The highest BCUT2D eigenvalue weighted by Gasteiger charge is 2.28. The standard InChI is InChI=1S/C21H23N5O2/c1-14-12-18(16-6-4-3-5-7-16)26-21(22-14)24-20(25-26)23-19(27)13-15-8-10-17(28-2)11-9-15/h3-11,14,18H,12-13H2,1-2H3,(H2,22,23,24,25,27). The second kappa shape index (κ2) is 7.72. The van der Waals surface area contributed by atoms with Gasteiger partial charge >= 0.3 is 0 Å². The molecule has 1 aromatic heterocycles. The van der Waals surface area contributed by atoms with Gasteiger partial charge < -0.3 is 10.1 Å². The lowest BCUT2D eigenvalue weighted by atomic mass is 9.99. The fourth-order valence-corrected chi connectivity index (χ4v) is 3.46. The third-order valence-electron chi connectivity index (χ3n) is 4.84. The van der Waals surface area contributed by atoms with Gasteiger partial charge in [0, 0.05) is 6.04 Å². The molecule has 0 fully saturated rings. The second-order valence-corrected chi connectivity index (χ2v) is 6.98. The fourth-order valence-electron chi connectivity index (χ4n) is 3.46. The molecule has 144 valence electrons. The molecule has 0 saturated carbocycles. The molecular weight excluding hydrogens is 354 g/mol. The summed E-state index contributed by atoms with van der Waals surface area (Å²) in [5.74, 6) is 1.60. The van der Waals surface area contributed by atoms with Crippen LogP contribution in [0.5, 0.6) is 5.75 Å². The van der Waals surface area contributed by atoms with Gasteiger partial charge in [0.25, 0.3) is 5.95 Å². The van der Waals surface area contributed by atoms with Gasteiger partial charge in [-0.3, -0.25) is 10.1 Å². The van der Waals surface area contributed by atoms with E-state index in [0.717, 1.165) is 17.7 Å². The first kappa shape index (κ1) is 18.0. The Hall–Kier alpha value is -3.35. The number of rotatable bonds is 5. The first-order valence-corrected chi connectivity index (χ1v) is 9.33. The molecule has 1 aliphatic rings. The molecule has 0 aliphatic carbocycles. The van der Waals surface area contributed by atoms with E-state index in [-0.39, 0.29) is 24.4 Å². The Morgan fingerprint density at radius 2 is 1.96 bits per heavy atom. The van der Waals surface area contributed by atoms with E-state index < -0.39 is 0 Å². The van der Waals surface area contributed by atoms with Gasteiger partial charge in [-0.25, -0.2) is 4.68 Å². The first-order chi connectivity index (χ1) is 13.6. The highest BCUT2D eigenvalue weighted by Crippen LogP contribution is 2.31. The lowest BCUT2D eigenvalue weighted by Gasteiger charge is -2.29. The Morgan fingerprint density at radius 3 is 2.68 bits per heavy atom. The Kier molecular flexibility index (Phi) is 4.97. The predicted octanol–water partition coefficient (Wildman–Crippen LogP) is 3.26. The molecule has 2 unspecified atom stereocenters. The number of amides is 1. The van der Waals surface area contributed by atoms with Crippen LogP contribution in [0.25, 0.3) is 0 Å². The molecule has 7 heteroatoms. The number of methoxy groups -OCH3 is 1. The van der Waals surface area contributed by atoms with Crippen LogP contribution in [0, 0.1) is 0 Å². The van der Waals surface area contributed by atoms with E-state index in [0.29, 0.717) is 11.9 Å². The largest absolute Gasteiger partial charge is 0.497 e. The van der Waals surface area contributed by atoms with Crippen LogP contribution in [0.1, 0.15) is 30.5 Å². The Bertz CT molecular complexity index is 953. The SMILES string of the molecule is COc1ccc(CC(=O)Nc2nc3n(n2)C(c2ccccc2)CC(C)N3)cc1. The van der Waals surface area contributed by atoms with Gasteiger partial charge in [0.15, 0.2) is 0 Å². The van der Waals surface area contributed by atoms with Crippen molar-refractivity contribution in [3.63, 3.8) is 0 Å². The number of aromatic nitrogens is 3. The van der Waals surface area contributed by atoms with E-state index in [4.69, 9.17) is 4.74 Å². The molecular formula is C21H23N5O2. The smallest absolute Gasteiger partial charge is 0.250 e. The van der Waals surface area contributed by atoms with Crippen molar-refractivity contribution in [2.45, 2.75) is 31.8 Å². The van der Waals surface area contributed by atoms with Crippen LogP contribution in [-0.4, -0.2) is 33.8 Å². The summed E-state index contributed by atoms with van der Waals surface area (Å²) in [5.41, 5.74) is 2.08. The van der Waals surface area contributed by atoms with Crippen LogP contribution < -0.4 is 15.4 Å². The molecule has 4 rings (SSSR count). The average molecular weight is 377 g/mol. The maximum absolute atomic E-state index is 12.4. The number of hydrogen-bond donors (Lipinski definition) is 2. The van der Waals surface area contributed by atoms with Crippen LogP contribution in [0.4, 0.5) is 11.9 Å². The third kappa shape index (κ3) is 3.83. The number of carbonyl (C=O) groups excluding carboxylic acids is 1. The van der Waals surface area contributed by atoms with Crippen LogP contribution in [0.2, 0.25) is 0 Å². The Balaban J connectivity index is 1.50. The molecule has 28 heavy (non-hydrogen) atoms. The minimum atomic E-state index is -0.155. The maximum Gasteiger partial charge on any atom is 0.250 e. The molecule has 0 radical (unpaired) electrons. The fraction of sp³-hybridized carbons (Fsp3) is 0.286. The Morgan fingerprint density at radius 1 is 1.21 bits per heavy atom. The van der Waals surface area contributed by atoms with Crippen molar-refractivity contribution in [1.29, 1.82) is 0 Å². The number of nitrogens with one attached hydrogen (secondary N) is 2. The molecule has 0 saturated heterocycles. The van der Waals surface area contributed by atoms with Crippen LogP contribution in [0.15, 0.2) is 54.6 Å². The van der Waals surface area contributed by atoms with Crippen molar-refractivity contribution in [3.8, 4) is 5.75 Å². The monoisotopic (exact) mass is 377 g/mol. The zero-order chi connectivity index (χ0) is 19.5. The summed E-state index contributed by atoms with van der Waals surface area (Å²) in [7, 11) is 1.62. The van der Waals surface area contributed by atoms with Gasteiger partial charge in [-0.1, -0.05) is 42.5 Å². The van der Waals surface area contributed by atoms with E-state index in [1.165, 1.54) is 5.56 Å². The van der Waals surface area contributed by atoms with E-state index in [2.05, 4.69) is 39.8 Å². The number of anilines is 2. The van der Waals surface area contributed by atoms with Crippen molar-refractivity contribution < 1.29 is 9.53 Å². The van der Waals surface area contributed by atoms with Gasteiger partial charge in [-0.15, -0.1) is 5.10 Å². The van der Waals surface area contributed by atoms with E-state index in [9.17, 15) is 4.79 Å². The number of nitrogens with zero attached hydrogens (tertiary/aromatic N) is 3. The third-order valence-corrected chi connectivity index (χ3v) is 4.84. The highest BCUT2D eigenvalue weighted by molar-refractivity contribution is 5.90. The second-order valence-electron chi connectivity index (χ2n) is 6.98. The van der Waals surface area contributed by atoms with E-state index in [1.54, 1.807) is 7.11 Å². The summed E-state index contributed by atoms with van der Waals surface area (Å²) in [6, 6.07) is 18.0. The number of hydrogen-bond acceptors (Lipinski definition) is 5. The van der Waals surface area contributed by atoms with Gasteiger partial charge in [0.2, 0.25) is 11.9 Å².